The molecule has 4 nitrogen and oxygen atoms in total. The third kappa shape index (κ3) is 1.32. The molecule has 2 aliphatic carbocycles. The topological polar surface area (TPSA) is 41.9 Å². The average molecular weight is 312 g/mol. The fourth-order valence-corrected chi connectivity index (χ4v) is 5.47. The monoisotopic (exact) mass is 312 g/mol. The zero-order chi connectivity index (χ0) is 15.1. The number of aliphatic hydroxyl groups excluding tert-OH is 1. The van der Waals surface area contributed by atoms with Crippen LogP contribution in [-0.4, -0.2) is 52.3 Å². The van der Waals surface area contributed by atoms with Gasteiger partial charge in [-0.25, -0.2) is 0 Å². The molecule has 1 fully saturated rings. The van der Waals surface area contributed by atoms with Crippen molar-refractivity contribution in [3.63, 3.8) is 0 Å². The summed E-state index contributed by atoms with van der Waals surface area (Å²) in [6.45, 7) is 1.04. The van der Waals surface area contributed by atoms with E-state index in [1.165, 1.54) is 11.1 Å². The first-order chi connectivity index (χ1) is 10.7. The summed E-state index contributed by atoms with van der Waals surface area (Å²) in [5, 5.41) is 10.5. The van der Waals surface area contributed by atoms with Crippen molar-refractivity contribution < 1.29 is 14.3 Å². The van der Waals surface area contributed by atoms with Crippen molar-refractivity contribution in [1.29, 1.82) is 0 Å². The number of nitrogens with zero attached hydrogens (tertiary/aromatic N) is 1. The van der Waals surface area contributed by atoms with Crippen LogP contribution in [0.15, 0.2) is 24.3 Å². The van der Waals surface area contributed by atoms with Gasteiger partial charge in [0.05, 0.1) is 0 Å². The summed E-state index contributed by atoms with van der Waals surface area (Å²) in [7, 11) is 5.35. The van der Waals surface area contributed by atoms with E-state index in [9.17, 15) is 5.11 Å². The maximum atomic E-state index is 10.5. The van der Waals surface area contributed by atoms with Gasteiger partial charge in [-0.05, 0) is 38.1 Å². The molecule has 1 saturated heterocycles. The van der Waals surface area contributed by atoms with Gasteiger partial charge in [-0.2, -0.15) is 0 Å². The first-order valence-electron chi connectivity index (χ1n) is 7.90. The van der Waals surface area contributed by atoms with E-state index in [1.807, 2.05) is 12.1 Å². The van der Waals surface area contributed by atoms with Crippen LogP contribution in [0.3, 0.4) is 0 Å². The predicted molar refractivity (Wildman–Crippen MR) is 82.3 cm³/mol. The fourth-order valence-electron chi connectivity index (χ4n) is 5.31. The molecule has 113 valence electrons. The maximum Gasteiger partial charge on any atom is 0.341 e. The van der Waals surface area contributed by atoms with Gasteiger partial charge in [0.25, 0.3) is 0 Å². The number of ether oxygens (including phenoxy) is 1. The standard InChI is InChI=1S/C17H18NO3Si/c1-18-7-6-17-10-3-4-12(19)16(17)20-15-13(21-22)5-2-9(14(15)17)8-11(10)18/h2-5,10-12,16,19H,6-8H2,1H3/t10-,11+,12-,16-,17-/m0/s1. The van der Waals surface area contributed by atoms with Gasteiger partial charge in [0.1, 0.15) is 18.0 Å². The van der Waals surface area contributed by atoms with E-state index in [0.29, 0.717) is 17.7 Å². The molecule has 1 aromatic rings. The minimum Gasteiger partial charge on any atom is -0.538 e. The number of likely N-dealkylation sites (tertiary alicyclic amines) is 1. The third-order valence-electron chi connectivity index (χ3n) is 6.24. The number of aliphatic hydroxyl groups is 1. The lowest BCUT2D eigenvalue weighted by Gasteiger charge is -2.56. The number of likely N-dealkylation sites (N-methyl/N-ethyl adjacent to an activating group) is 1. The van der Waals surface area contributed by atoms with Crippen molar-refractivity contribution in [2.75, 3.05) is 13.6 Å². The third-order valence-corrected chi connectivity index (χ3v) is 6.46. The number of hydrogen-bond acceptors (Lipinski definition) is 4. The Morgan fingerprint density at radius 3 is 3.09 bits per heavy atom. The van der Waals surface area contributed by atoms with E-state index < -0.39 is 6.10 Å². The van der Waals surface area contributed by atoms with Crippen LogP contribution in [0, 0.1) is 5.92 Å². The molecular weight excluding hydrogens is 294 g/mol. The van der Waals surface area contributed by atoms with Gasteiger partial charge < -0.3 is 19.2 Å². The Hall–Kier alpha value is -1.30. The van der Waals surface area contributed by atoms with E-state index in [-0.39, 0.29) is 11.5 Å². The lowest BCUT2D eigenvalue weighted by molar-refractivity contribution is -0.0452. The molecule has 5 heteroatoms. The molecule has 3 radical (unpaired) electrons. The summed E-state index contributed by atoms with van der Waals surface area (Å²) in [6, 6.07) is 4.61. The van der Waals surface area contributed by atoms with Gasteiger partial charge in [-0.1, -0.05) is 18.2 Å². The predicted octanol–water partition coefficient (Wildman–Crippen LogP) is 0.955. The minimum absolute atomic E-state index is 0.102. The second-order valence-corrected chi connectivity index (χ2v) is 7.22. The highest BCUT2D eigenvalue weighted by Gasteiger charge is 2.64. The molecule has 4 aliphatic rings. The Balaban J connectivity index is 1.82. The van der Waals surface area contributed by atoms with Crippen LogP contribution in [-0.2, 0) is 11.8 Å². The summed E-state index contributed by atoms with van der Waals surface area (Å²) in [5.74, 6) is 1.94. The van der Waals surface area contributed by atoms with E-state index >= 15 is 0 Å². The summed E-state index contributed by atoms with van der Waals surface area (Å²) < 4.78 is 11.6. The molecule has 5 rings (SSSR count). The maximum absolute atomic E-state index is 10.5. The zero-order valence-electron chi connectivity index (χ0n) is 12.5. The molecule has 5 atom stereocenters. The fraction of sp³-hybridized carbons (Fsp3) is 0.529. The summed E-state index contributed by atoms with van der Waals surface area (Å²) in [5.41, 5.74) is 2.53. The molecule has 0 unspecified atom stereocenters. The molecule has 1 spiro atoms. The number of piperidine rings is 1. The first kappa shape index (κ1) is 13.2. The first-order valence-corrected chi connectivity index (χ1v) is 8.31. The van der Waals surface area contributed by atoms with Crippen molar-refractivity contribution >= 4 is 10.5 Å². The van der Waals surface area contributed by atoms with Crippen molar-refractivity contribution in [3.8, 4) is 11.5 Å². The van der Waals surface area contributed by atoms with Gasteiger partial charge in [0, 0.05) is 22.9 Å². The number of hydrogen-bond donors (Lipinski definition) is 1. The highest BCUT2D eigenvalue weighted by molar-refractivity contribution is 6.00. The van der Waals surface area contributed by atoms with Crippen LogP contribution in [0.25, 0.3) is 0 Å². The Kier molecular flexibility index (Phi) is 2.49. The quantitative estimate of drug-likeness (QED) is 0.619. The van der Waals surface area contributed by atoms with Gasteiger partial charge in [-0.3, -0.25) is 0 Å². The molecule has 22 heavy (non-hydrogen) atoms. The van der Waals surface area contributed by atoms with Gasteiger partial charge in [0.2, 0.25) is 0 Å². The van der Waals surface area contributed by atoms with Crippen LogP contribution < -0.4 is 9.16 Å². The Morgan fingerprint density at radius 2 is 2.27 bits per heavy atom. The van der Waals surface area contributed by atoms with Gasteiger partial charge in [0.15, 0.2) is 5.75 Å². The van der Waals surface area contributed by atoms with E-state index in [4.69, 9.17) is 9.16 Å². The van der Waals surface area contributed by atoms with Crippen LogP contribution in [0.4, 0.5) is 0 Å². The van der Waals surface area contributed by atoms with Gasteiger partial charge >= 0.3 is 10.5 Å². The molecule has 1 aromatic carbocycles. The SMILES string of the molecule is CN1CC[C@]23c4c5ccc(O[Si])c4O[C@H]2[C@@H](O)C=C[C@H]3[C@H]1C5. The number of rotatable bonds is 1. The molecule has 0 saturated carbocycles. The lowest BCUT2D eigenvalue weighted by Crippen LogP contribution is -2.64. The average Bonchev–Trinajstić information content (AvgIpc) is 2.88. The molecule has 2 bridgehead atoms. The lowest BCUT2D eigenvalue weighted by atomic mass is 9.53. The molecular formula is C17H18NO3Si. The van der Waals surface area contributed by atoms with E-state index in [1.54, 1.807) is 0 Å². The molecule has 2 aliphatic heterocycles. The van der Waals surface area contributed by atoms with Crippen LogP contribution in [0.2, 0.25) is 0 Å². The molecule has 0 aromatic heterocycles. The highest BCUT2D eigenvalue weighted by Crippen LogP contribution is 2.62. The Morgan fingerprint density at radius 1 is 1.41 bits per heavy atom. The van der Waals surface area contributed by atoms with Gasteiger partial charge in [-0.15, -0.1) is 0 Å². The van der Waals surface area contributed by atoms with Crippen molar-refractivity contribution in [2.45, 2.75) is 36.5 Å². The largest absolute Gasteiger partial charge is 0.538 e. The van der Waals surface area contributed by atoms with Crippen LogP contribution >= 0.6 is 0 Å². The highest BCUT2D eigenvalue weighted by atomic mass is 28.2. The normalized spacial score (nSPS) is 41.0. The van der Waals surface area contributed by atoms with E-state index in [2.05, 4.69) is 34.6 Å². The Bertz CT molecular complexity index is 691. The van der Waals surface area contributed by atoms with Crippen LogP contribution in [0.5, 0.6) is 11.5 Å². The zero-order valence-corrected chi connectivity index (χ0v) is 13.5. The van der Waals surface area contributed by atoms with Crippen molar-refractivity contribution in [3.05, 3.63) is 35.4 Å². The molecule has 1 N–H and O–H groups in total. The summed E-state index contributed by atoms with van der Waals surface area (Å²) in [6.07, 6.45) is 5.44. The smallest absolute Gasteiger partial charge is 0.341 e. The summed E-state index contributed by atoms with van der Waals surface area (Å²) in [4.78, 5) is 2.46. The summed E-state index contributed by atoms with van der Waals surface area (Å²) >= 11 is 0. The Labute approximate surface area is 133 Å². The molecule has 2 heterocycles. The van der Waals surface area contributed by atoms with E-state index in [0.717, 1.165) is 25.1 Å². The van der Waals surface area contributed by atoms with Crippen molar-refractivity contribution in [1.82, 2.24) is 4.90 Å². The minimum atomic E-state index is -0.554. The molecule has 0 amide bonds. The van der Waals surface area contributed by atoms with Crippen molar-refractivity contribution in [2.24, 2.45) is 5.92 Å². The van der Waals surface area contributed by atoms with Crippen LogP contribution in [0.1, 0.15) is 17.5 Å². The number of benzene rings is 1. The second kappa shape index (κ2) is 4.16. The second-order valence-electron chi connectivity index (χ2n) is 7.01.